The average Bonchev–Trinajstić information content (AvgIpc) is 2.89. The molecular formula is C31H18Cl2F3N. The van der Waals surface area contributed by atoms with Gasteiger partial charge in [0, 0.05) is 22.7 Å². The largest absolute Gasteiger partial charge is 0.418 e. The van der Waals surface area contributed by atoms with E-state index < -0.39 is 11.7 Å². The fraction of sp³-hybridized carbons (Fsp3) is 0.0645. The van der Waals surface area contributed by atoms with Crippen LogP contribution in [0, 0.1) is 11.8 Å². The van der Waals surface area contributed by atoms with Crippen LogP contribution in [0.2, 0.25) is 10.0 Å². The zero-order chi connectivity index (χ0) is 26.0. The molecule has 0 fully saturated rings. The first kappa shape index (κ1) is 24.9. The van der Waals surface area contributed by atoms with Gasteiger partial charge >= 0.3 is 6.18 Å². The summed E-state index contributed by atoms with van der Waals surface area (Å²) in [7, 11) is 0. The molecular weight excluding hydrogens is 514 g/mol. The van der Waals surface area contributed by atoms with Gasteiger partial charge in [-0.05, 0) is 65.1 Å². The summed E-state index contributed by atoms with van der Waals surface area (Å²) < 4.78 is 41.4. The van der Waals surface area contributed by atoms with Crippen LogP contribution in [0.5, 0.6) is 0 Å². The van der Waals surface area contributed by atoms with Crippen molar-refractivity contribution in [1.29, 1.82) is 0 Å². The fourth-order valence-corrected chi connectivity index (χ4v) is 4.55. The zero-order valence-electron chi connectivity index (χ0n) is 19.3. The lowest BCUT2D eigenvalue weighted by molar-refractivity contribution is -0.136. The molecule has 0 unspecified atom stereocenters. The van der Waals surface area contributed by atoms with Gasteiger partial charge in [-0.1, -0.05) is 89.6 Å². The molecule has 6 heteroatoms. The maximum atomic E-state index is 13.8. The van der Waals surface area contributed by atoms with Crippen LogP contribution in [0.3, 0.4) is 0 Å². The molecule has 0 radical (unpaired) electrons. The number of hydrogen-bond acceptors (Lipinski definition) is 1. The first-order chi connectivity index (χ1) is 17.8. The maximum absolute atomic E-state index is 13.8. The zero-order valence-corrected chi connectivity index (χ0v) is 20.8. The Hall–Kier alpha value is -3.78. The second-order valence-electron chi connectivity index (χ2n) is 8.48. The molecule has 0 N–H and O–H groups in total. The third-order valence-corrected chi connectivity index (χ3v) is 6.68. The van der Waals surface area contributed by atoms with Crippen LogP contribution in [-0.4, -0.2) is 4.98 Å². The van der Waals surface area contributed by atoms with Gasteiger partial charge in [-0.15, -0.1) is 0 Å². The molecule has 0 aliphatic carbocycles. The average molecular weight is 532 g/mol. The number of aromatic nitrogens is 1. The molecule has 0 bridgehead atoms. The van der Waals surface area contributed by atoms with Crippen molar-refractivity contribution >= 4 is 34.1 Å². The van der Waals surface area contributed by atoms with Crippen molar-refractivity contribution in [1.82, 2.24) is 4.98 Å². The molecule has 5 rings (SSSR count). The maximum Gasteiger partial charge on any atom is 0.418 e. The highest BCUT2D eigenvalue weighted by Gasteiger charge is 2.33. The quantitative estimate of drug-likeness (QED) is 0.211. The highest BCUT2D eigenvalue weighted by atomic mass is 35.5. The molecule has 1 aromatic heterocycles. The van der Waals surface area contributed by atoms with Gasteiger partial charge in [0.05, 0.1) is 21.1 Å². The standard InChI is InChI=1S/C31H18Cl2F3N/c32-27-15-14-22(18-28(27)33)13-12-21-8-4-9-23(16-21)29-24(17-20-6-2-1-3-7-20)19-37-30-25(29)10-5-11-26(30)31(34,35)36/h1-11,14-16,18-19H,17H2. The summed E-state index contributed by atoms with van der Waals surface area (Å²) in [6.45, 7) is 0. The van der Waals surface area contributed by atoms with Crippen LogP contribution in [0.1, 0.15) is 27.8 Å². The van der Waals surface area contributed by atoms with Crippen molar-refractivity contribution in [3.05, 3.63) is 135 Å². The minimum atomic E-state index is -4.52. The van der Waals surface area contributed by atoms with Crippen molar-refractivity contribution in [2.24, 2.45) is 0 Å². The van der Waals surface area contributed by atoms with E-state index in [-0.39, 0.29) is 5.52 Å². The Kier molecular flexibility index (Phi) is 6.93. The second kappa shape index (κ2) is 10.3. The van der Waals surface area contributed by atoms with Crippen LogP contribution in [0.4, 0.5) is 13.2 Å². The van der Waals surface area contributed by atoms with Crippen molar-refractivity contribution in [3.63, 3.8) is 0 Å². The number of benzene rings is 4. The van der Waals surface area contributed by atoms with Crippen LogP contribution in [-0.2, 0) is 12.6 Å². The van der Waals surface area contributed by atoms with Crippen molar-refractivity contribution in [3.8, 4) is 23.0 Å². The first-order valence-corrected chi connectivity index (χ1v) is 12.1. The molecule has 1 heterocycles. The third-order valence-electron chi connectivity index (χ3n) is 5.94. The summed E-state index contributed by atoms with van der Waals surface area (Å²) >= 11 is 12.1. The minimum absolute atomic E-state index is 0.0749. The summed E-state index contributed by atoms with van der Waals surface area (Å²) in [5.74, 6) is 6.20. The number of para-hydroxylation sites is 1. The smallest absolute Gasteiger partial charge is 0.255 e. The molecule has 0 aliphatic heterocycles. The lowest BCUT2D eigenvalue weighted by atomic mass is 9.91. The van der Waals surface area contributed by atoms with E-state index in [2.05, 4.69) is 16.8 Å². The number of pyridine rings is 1. The topological polar surface area (TPSA) is 12.9 Å². The van der Waals surface area contributed by atoms with Crippen LogP contribution in [0.25, 0.3) is 22.0 Å². The van der Waals surface area contributed by atoms with Gasteiger partial charge in [0.1, 0.15) is 0 Å². The molecule has 0 atom stereocenters. The highest BCUT2D eigenvalue weighted by Crippen LogP contribution is 2.39. The Morgan fingerprint density at radius 3 is 2.19 bits per heavy atom. The van der Waals surface area contributed by atoms with E-state index in [0.29, 0.717) is 38.5 Å². The number of nitrogens with zero attached hydrogens (tertiary/aromatic N) is 1. The summed E-state index contributed by atoms with van der Waals surface area (Å²) in [4.78, 5) is 4.27. The highest BCUT2D eigenvalue weighted by molar-refractivity contribution is 6.42. The third kappa shape index (κ3) is 5.49. The van der Waals surface area contributed by atoms with Crippen LogP contribution in [0.15, 0.2) is 97.2 Å². The Labute approximate surface area is 222 Å². The van der Waals surface area contributed by atoms with E-state index in [9.17, 15) is 13.2 Å². The van der Waals surface area contributed by atoms with E-state index in [4.69, 9.17) is 23.2 Å². The lowest BCUT2D eigenvalue weighted by Gasteiger charge is -2.16. The van der Waals surface area contributed by atoms with E-state index in [1.807, 2.05) is 54.6 Å². The Balaban J connectivity index is 1.67. The van der Waals surface area contributed by atoms with Gasteiger partial charge in [0.15, 0.2) is 0 Å². The monoisotopic (exact) mass is 531 g/mol. The number of hydrogen-bond donors (Lipinski definition) is 0. The molecule has 0 spiro atoms. The molecule has 0 saturated heterocycles. The SMILES string of the molecule is FC(F)(F)c1cccc2c(-c3cccc(C#Cc4ccc(Cl)c(Cl)c4)c3)c(Cc3ccccc3)cnc12. The molecule has 37 heavy (non-hydrogen) atoms. The Bertz CT molecular complexity index is 1670. The van der Waals surface area contributed by atoms with Crippen molar-refractivity contribution in [2.75, 3.05) is 0 Å². The van der Waals surface area contributed by atoms with Gasteiger partial charge in [-0.2, -0.15) is 13.2 Å². The van der Waals surface area contributed by atoms with E-state index >= 15 is 0 Å². The summed E-state index contributed by atoms with van der Waals surface area (Å²) in [5, 5.41) is 1.30. The Morgan fingerprint density at radius 2 is 1.46 bits per heavy atom. The second-order valence-corrected chi connectivity index (χ2v) is 9.29. The number of rotatable bonds is 3. The van der Waals surface area contributed by atoms with Gasteiger partial charge in [0.2, 0.25) is 0 Å². The van der Waals surface area contributed by atoms with Gasteiger partial charge in [0.25, 0.3) is 0 Å². The fourth-order valence-electron chi connectivity index (χ4n) is 4.25. The van der Waals surface area contributed by atoms with E-state index in [1.54, 1.807) is 30.5 Å². The predicted octanol–water partition coefficient (Wildman–Crippen LogP) is 9.22. The van der Waals surface area contributed by atoms with Gasteiger partial charge in [-0.3, -0.25) is 4.98 Å². The molecule has 182 valence electrons. The number of halogens is 5. The predicted molar refractivity (Wildman–Crippen MR) is 144 cm³/mol. The van der Waals surface area contributed by atoms with Crippen LogP contribution < -0.4 is 0 Å². The lowest BCUT2D eigenvalue weighted by Crippen LogP contribution is -2.07. The molecule has 0 amide bonds. The summed E-state index contributed by atoms with van der Waals surface area (Å²) in [5.41, 5.74) is 3.92. The molecule has 4 aromatic carbocycles. The minimum Gasteiger partial charge on any atom is -0.255 e. The normalized spacial score (nSPS) is 11.3. The molecule has 1 nitrogen and oxygen atoms in total. The van der Waals surface area contributed by atoms with E-state index in [1.165, 1.54) is 6.07 Å². The van der Waals surface area contributed by atoms with Crippen molar-refractivity contribution < 1.29 is 13.2 Å². The molecule has 5 aromatic rings. The molecule has 0 saturated carbocycles. The number of fused-ring (bicyclic) bond motifs is 1. The number of alkyl halides is 3. The van der Waals surface area contributed by atoms with Crippen molar-refractivity contribution in [2.45, 2.75) is 12.6 Å². The summed E-state index contributed by atoms with van der Waals surface area (Å²) in [6.07, 6.45) is -2.44. The first-order valence-electron chi connectivity index (χ1n) is 11.4. The van der Waals surface area contributed by atoms with Gasteiger partial charge < -0.3 is 0 Å². The van der Waals surface area contributed by atoms with E-state index in [0.717, 1.165) is 22.8 Å². The van der Waals surface area contributed by atoms with Gasteiger partial charge in [-0.25, -0.2) is 0 Å². The molecule has 0 aliphatic rings. The van der Waals surface area contributed by atoms with Crippen LogP contribution >= 0.6 is 23.2 Å². The Morgan fingerprint density at radius 1 is 0.730 bits per heavy atom. The summed E-state index contributed by atoms with van der Waals surface area (Å²) in [6, 6.07) is 26.6.